The number of likely N-dealkylation sites (tertiary alicyclic amines) is 1. The van der Waals surface area contributed by atoms with Crippen molar-refractivity contribution in [3.05, 3.63) is 12.3 Å². The predicted octanol–water partition coefficient (Wildman–Crippen LogP) is -0.612. The van der Waals surface area contributed by atoms with Crippen molar-refractivity contribution in [3.63, 3.8) is 0 Å². The molecule has 5 heteroatoms. The van der Waals surface area contributed by atoms with E-state index in [1.165, 1.54) is 6.42 Å². The van der Waals surface area contributed by atoms with E-state index in [2.05, 4.69) is 5.32 Å². The summed E-state index contributed by atoms with van der Waals surface area (Å²) in [7, 11) is 2.04. The van der Waals surface area contributed by atoms with Crippen molar-refractivity contribution < 1.29 is 9.53 Å². The minimum absolute atomic E-state index is 0.180. The van der Waals surface area contributed by atoms with Gasteiger partial charge in [0, 0.05) is 13.1 Å². The molecule has 2 saturated heterocycles. The molecule has 4 atom stereocenters. The first-order valence-corrected chi connectivity index (χ1v) is 6.55. The highest BCUT2D eigenvalue weighted by Gasteiger charge is 2.37. The topological polar surface area (TPSA) is 41.6 Å². The largest absolute Gasteiger partial charge is 0.489 e. The van der Waals surface area contributed by atoms with Crippen LogP contribution in [-0.4, -0.2) is 50.9 Å². The Morgan fingerprint density at radius 2 is 2.06 bits per heavy atom. The van der Waals surface area contributed by atoms with Gasteiger partial charge in [0.25, 0.3) is 5.91 Å². The SMILES string of the molecule is BC1C=COC1C(=O)N1CC2CNCC(C2)C1. The maximum atomic E-state index is 12.4. The van der Waals surface area contributed by atoms with Gasteiger partial charge in [-0.25, -0.2) is 0 Å². The van der Waals surface area contributed by atoms with Gasteiger partial charge in [-0.15, -0.1) is 0 Å². The second kappa shape index (κ2) is 4.37. The second-order valence-electron chi connectivity index (χ2n) is 5.61. The molecule has 4 nitrogen and oxygen atoms in total. The Labute approximate surface area is 103 Å². The third kappa shape index (κ3) is 2.08. The van der Waals surface area contributed by atoms with E-state index in [1.807, 2.05) is 18.8 Å². The molecule has 3 rings (SSSR count). The number of carbonyl (C=O) groups is 1. The molecule has 0 aromatic heterocycles. The Morgan fingerprint density at radius 3 is 2.65 bits per heavy atom. The van der Waals surface area contributed by atoms with Crippen molar-refractivity contribution in [1.29, 1.82) is 0 Å². The third-order valence-corrected chi connectivity index (χ3v) is 4.13. The highest BCUT2D eigenvalue weighted by atomic mass is 16.5. The van der Waals surface area contributed by atoms with Crippen LogP contribution in [0.1, 0.15) is 6.42 Å². The van der Waals surface area contributed by atoms with Crippen molar-refractivity contribution in [3.8, 4) is 0 Å². The highest BCUT2D eigenvalue weighted by molar-refractivity contribution is 6.15. The molecule has 0 saturated carbocycles. The molecular formula is C12H19BN2O2. The van der Waals surface area contributed by atoms with Gasteiger partial charge in [-0.3, -0.25) is 4.79 Å². The average molecular weight is 234 g/mol. The third-order valence-electron chi connectivity index (χ3n) is 4.13. The summed E-state index contributed by atoms with van der Waals surface area (Å²) in [5.41, 5.74) is 0. The lowest BCUT2D eigenvalue weighted by atomic mass is 9.81. The van der Waals surface area contributed by atoms with Gasteiger partial charge in [0.05, 0.1) is 6.26 Å². The van der Waals surface area contributed by atoms with Crippen molar-refractivity contribution in [1.82, 2.24) is 10.2 Å². The molecule has 1 amide bonds. The van der Waals surface area contributed by atoms with Crippen LogP contribution >= 0.6 is 0 Å². The van der Waals surface area contributed by atoms with E-state index in [4.69, 9.17) is 4.74 Å². The van der Waals surface area contributed by atoms with Crippen LogP contribution in [-0.2, 0) is 9.53 Å². The van der Waals surface area contributed by atoms with Gasteiger partial charge in [-0.2, -0.15) is 0 Å². The summed E-state index contributed by atoms with van der Waals surface area (Å²) in [5.74, 6) is 1.66. The summed E-state index contributed by atoms with van der Waals surface area (Å²) in [5, 5.41) is 3.44. The molecule has 0 aromatic rings. The van der Waals surface area contributed by atoms with Gasteiger partial charge in [0.15, 0.2) is 6.10 Å². The first-order valence-electron chi connectivity index (χ1n) is 6.55. The van der Waals surface area contributed by atoms with E-state index in [-0.39, 0.29) is 17.8 Å². The molecular weight excluding hydrogens is 215 g/mol. The zero-order valence-corrected chi connectivity index (χ0v) is 10.3. The lowest BCUT2D eigenvalue weighted by Crippen LogP contribution is -2.55. The molecule has 3 aliphatic heterocycles. The molecule has 0 radical (unpaired) electrons. The standard InChI is InChI=1S/C12H19BN2O2/c13-10-1-2-17-11(10)12(16)15-6-8-3-9(7-15)5-14-4-8/h1-2,8-11,14H,3-7,13H2. The van der Waals surface area contributed by atoms with Gasteiger partial charge in [0.2, 0.25) is 0 Å². The minimum Gasteiger partial charge on any atom is -0.489 e. The molecule has 2 fully saturated rings. The number of fused-ring (bicyclic) bond motifs is 2. The van der Waals surface area contributed by atoms with Gasteiger partial charge in [-0.1, -0.05) is 6.08 Å². The van der Waals surface area contributed by atoms with Crippen LogP contribution in [0, 0.1) is 11.8 Å². The number of ether oxygens (including phenoxy) is 1. The average Bonchev–Trinajstić information content (AvgIpc) is 2.74. The van der Waals surface area contributed by atoms with E-state index < -0.39 is 0 Å². The number of amides is 1. The van der Waals surface area contributed by atoms with E-state index >= 15 is 0 Å². The molecule has 92 valence electrons. The molecule has 0 spiro atoms. The fourth-order valence-corrected chi connectivity index (χ4v) is 3.23. The molecule has 1 N–H and O–H groups in total. The van der Waals surface area contributed by atoms with Crippen molar-refractivity contribution in [2.45, 2.75) is 18.3 Å². The van der Waals surface area contributed by atoms with Crippen molar-refractivity contribution in [2.24, 2.45) is 11.8 Å². The smallest absolute Gasteiger partial charge is 0.263 e. The maximum absolute atomic E-state index is 12.4. The van der Waals surface area contributed by atoms with Gasteiger partial charge < -0.3 is 15.0 Å². The fraction of sp³-hybridized carbons (Fsp3) is 0.750. The number of piperidine rings is 2. The van der Waals surface area contributed by atoms with Gasteiger partial charge in [-0.05, 0) is 37.2 Å². The van der Waals surface area contributed by atoms with E-state index in [1.54, 1.807) is 6.26 Å². The first-order chi connectivity index (χ1) is 8.24. The van der Waals surface area contributed by atoms with Crippen LogP contribution in [0.4, 0.5) is 0 Å². The number of nitrogens with one attached hydrogen (secondary N) is 1. The Morgan fingerprint density at radius 1 is 1.35 bits per heavy atom. The summed E-state index contributed by atoms with van der Waals surface area (Å²) < 4.78 is 5.41. The summed E-state index contributed by atoms with van der Waals surface area (Å²) in [6, 6.07) is 0. The molecule has 2 bridgehead atoms. The minimum atomic E-state index is -0.276. The Bertz CT molecular complexity index is 335. The summed E-state index contributed by atoms with van der Waals surface area (Å²) in [6.07, 6.45) is 4.63. The Kier molecular flexibility index (Phi) is 2.86. The highest BCUT2D eigenvalue weighted by Crippen LogP contribution is 2.28. The zero-order valence-electron chi connectivity index (χ0n) is 10.3. The van der Waals surface area contributed by atoms with Gasteiger partial charge in [0.1, 0.15) is 7.85 Å². The van der Waals surface area contributed by atoms with E-state index in [9.17, 15) is 4.79 Å². The maximum Gasteiger partial charge on any atom is 0.263 e. The van der Waals surface area contributed by atoms with Crippen LogP contribution in [0.3, 0.4) is 0 Å². The Balaban J connectivity index is 1.66. The molecule has 0 aliphatic carbocycles. The molecule has 3 aliphatic rings. The number of hydrogen-bond donors (Lipinski definition) is 1. The second-order valence-corrected chi connectivity index (χ2v) is 5.61. The quantitative estimate of drug-likeness (QED) is 0.615. The molecule has 17 heavy (non-hydrogen) atoms. The molecule has 3 heterocycles. The fourth-order valence-electron chi connectivity index (χ4n) is 3.23. The molecule has 0 aromatic carbocycles. The monoisotopic (exact) mass is 234 g/mol. The first kappa shape index (κ1) is 11.1. The number of rotatable bonds is 1. The predicted molar refractivity (Wildman–Crippen MR) is 67.4 cm³/mol. The van der Waals surface area contributed by atoms with Gasteiger partial charge >= 0.3 is 0 Å². The van der Waals surface area contributed by atoms with E-state index in [0.29, 0.717) is 11.8 Å². The van der Waals surface area contributed by atoms with Crippen LogP contribution < -0.4 is 5.32 Å². The number of nitrogens with zero attached hydrogens (tertiary/aromatic N) is 1. The lowest BCUT2D eigenvalue weighted by Gasteiger charge is -2.42. The van der Waals surface area contributed by atoms with Crippen molar-refractivity contribution in [2.75, 3.05) is 26.2 Å². The summed E-state index contributed by atoms with van der Waals surface area (Å²) in [4.78, 5) is 14.4. The van der Waals surface area contributed by atoms with Crippen molar-refractivity contribution >= 4 is 13.8 Å². The Hall–Kier alpha value is -0.965. The normalized spacial score (nSPS) is 40.1. The van der Waals surface area contributed by atoms with Crippen LogP contribution in [0.15, 0.2) is 12.3 Å². The van der Waals surface area contributed by atoms with Crippen LogP contribution in [0.2, 0.25) is 5.82 Å². The van der Waals surface area contributed by atoms with Crippen LogP contribution in [0.5, 0.6) is 0 Å². The summed E-state index contributed by atoms with van der Waals surface area (Å²) in [6.45, 7) is 3.91. The van der Waals surface area contributed by atoms with E-state index in [0.717, 1.165) is 26.2 Å². The zero-order chi connectivity index (χ0) is 11.8. The number of hydrogen-bond acceptors (Lipinski definition) is 3. The summed E-state index contributed by atoms with van der Waals surface area (Å²) >= 11 is 0. The lowest BCUT2D eigenvalue weighted by molar-refractivity contribution is -0.143. The number of carbonyl (C=O) groups excluding carboxylic acids is 1. The molecule has 4 unspecified atom stereocenters. The van der Waals surface area contributed by atoms with Crippen LogP contribution in [0.25, 0.3) is 0 Å².